The molecule has 0 aliphatic carbocycles. The Morgan fingerprint density at radius 1 is 1.07 bits per heavy atom. The zero-order valence-electron chi connectivity index (χ0n) is 15.9. The van der Waals surface area contributed by atoms with Gasteiger partial charge >= 0.3 is 0 Å². The van der Waals surface area contributed by atoms with E-state index in [1.165, 1.54) is 0 Å². The maximum Gasteiger partial charge on any atom is 0.283 e. The minimum Gasteiger partial charge on any atom is -0.372 e. The molecule has 0 saturated heterocycles. The van der Waals surface area contributed by atoms with Crippen LogP contribution in [0.1, 0.15) is 32.0 Å². The first kappa shape index (κ1) is 18.5. The van der Waals surface area contributed by atoms with Crippen LogP contribution in [0.4, 0.5) is 11.6 Å². The third-order valence-corrected chi connectivity index (χ3v) is 4.44. The normalized spacial score (nSPS) is 15.4. The van der Waals surface area contributed by atoms with Gasteiger partial charge in [-0.1, -0.05) is 12.1 Å². The van der Waals surface area contributed by atoms with Gasteiger partial charge in [-0.05, 0) is 51.5 Å². The van der Waals surface area contributed by atoms with Crippen molar-refractivity contribution in [1.29, 1.82) is 0 Å². The summed E-state index contributed by atoms with van der Waals surface area (Å²) in [5.41, 5.74) is 2.87. The lowest BCUT2D eigenvalue weighted by molar-refractivity contribution is -0.114. The lowest BCUT2D eigenvalue weighted by Gasteiger charge is -2.20. The van der Waals surface area contributed by atoms with E-state index < -0.39 is 5.56 Å². The summed E-state index contributed by atoms with van der Waals surface area (Å²) in [4.78, 5) is 29.2. The van der Waals surface area contributed by atoms with Crippen LogP contribution in [0.5, 0.6) is 0 Å². The summed E-state index contributed by atoms with van der Waals surface area (Å²) in [5.74, 6) is -0.343. The molecular formula is C19H22N6O2. The molecule has 0 atom stereocenters. The Hall–Kier alpha value is -3.29. The second-order valence-corrected chi connectivity index (χ2v) is 6.19. The molecule has 0 radical (unpaired) electrons. The first-order chi connectivity index (χ1) is 12.9. The van der Waals surface area contributed by atoms with Crippen LogP contribution in [0.15, 0.2) is 39.7 Å². The van der Waals surface area contributed by atoms with Crippen molar-refractivity contribution in [2.45, 2.75) is 27.7 Å². The zero-order valence-corrected chi connectivity index (χ0v) is 15.9. The van der Waals surface area contributed by atoms with E-state index in [1.54, 1.807) is 19.9 Å². The molecule has 140 valence electrons. The molecule has 1 aromatic carbocycles. The number of aryl methyl sites for hydroxylation is 1. The van der Waals surface area contributed by atoms with Gasteiger partial charge in [-0.15, -0.1) is 10.2 Å². The summed E-state index contributed by atoms with van der Waals surface area (Å²) < 4.78 is 0. The molecule has 1 aliphatic heterocycles. The number of aromatic nitrogens is 3. The van der Waals surface area contributed by atoms with Gasteiger partial charge in [0.1, 0.15) is 5.69 Å². The van der Waals surface area contributed by atoms with E-state index in [2.05, 4.69) is 39.0 Å². The first-order valence-electron chi connectivity index (χ1n) is 8.85. The molecule has 1 aliphatic rings. The molecule has 27 heavy (non-hydrogen) atoms. The first-order valence-corrected chi connectivity index (χ1v) is 8.85. The summed E-state index contributed by atoms with van der Waals surface area (Å²) in [6.45, 7) is 9.39. The lowest BCUT2D eigenvalue weighted by Crippen LogP contribution is -2.27. The zero-order chi connectivity index (χ0) is 19.6. The number of H-pyrrole nitrogens is 1. The Bertz CT molecular complexity index is 970. The number of benzene rings is 1. The van der Waals surface area contributed by atoms with Crippen LogP contribution in [-0.4, -0.2) is 39.9 Å². The Labute approximate surface area is 157 Å². The standard InChI is InChI=1S/C19H22N6O2/c1-5-24(6-2)15-9-7-14(8-10-15)11-16-12(3)23-25(18(16)27)19-20-17(26)13(4)21-22-19/h7-11H,5-6H2,1-4H3,(H,20,22,26)/b16-11-. The van der Waals surface area contributed by atoms with Crippen LogP contribution >= 0.6 is 0 Å². The van der Waals surface area contributed by atoms with E-state index >= 15 is 0 Å². The van der Waals surface area contributed by atoms with E-state index in [0.717, 1.165) is 29.3 Å². The van der Waals surface area contributed by atoms with E-state index in [1.807, 2.05) is 24.3 Å². The minimum atomic E-state index is -0.398. The molecular weight excluding hydrogens is 344 g/mol. The van der Waals surface area contributed by atoms with Crippen molar-refractivity contribution in [3.05, 3.63) is 51.4 Å². The van der Waals surface area contributed by atoms with E-state index in [9.17, 15) is 9.59 Å². The van der Waals surface area contributed by atoms with Gasteiger partial charge in [-0.25, -0.2) is 0 Å². The van der Waals surface area contributed by atoms with Crippen molar-refractivity contribution in [2.75, 3.05) is 23.0 Å². The quantitative estimate of drug-likeness (QED) is 0.818. The number of hydrogen-bond acceptors (Lipinski definition) is 6. The van der Waals surface area contributed by atoms with Crippen LogP contribution in [0, 0.1) is 6.92 Å². The number of rotatable bonds is 5. The highest BCUT2D eigenvalue weighted by molar-refractivity contribution is 6.31. The molecule has 0 saturated carbocycles. The van der Waals surface area contributed by atoms with Crippen LogP contribution in [0.2, 0.25) is 0 Å². The number of anilines is 2. The summed E-state index contributed by atoms with van der Waals surface area (Å²) in [5, 5.41) is 12.9. The molecule has 2 heterocycles. The number of hydrogen-bond donors (Lipinski definition) is 1. The maximum atomic E-state index is 12.7. The number of nitrogens with zero attached hydrogens (tertiary/aromatic N) is 5. The largest absolute Gasteiger partial charge is 0.372 e. The highest BCUT2D eigenvalue weighted by Crippen LogP contribution is 2.22. The third-order valence-electron chi connectivity index (χ3n) is 4.44. The van der Waals surface area contributed by atoms with Crippen molar-refractivity contribution in [3.63, 3.8) is 0 Å². The van der Waals surface area contributed by atoms with Gasteiger partial charge in [0.15, 0.2) is 0 Å². The average molecular weight is 366 g/mol. The highest BCUT2D eigenvalue weighted by Gasteiger charge is 2.30. The molecule has 0 bridgehead atoms. The lowest BCUT2D eigenvalue weighted by atomic mass is 10.1. The molecule has 1 aromatic heterocycles. The van der Waals surface area contributed by atoms with Gasteiger partial charge in [0.05, 0.1) is 11.3 Å². The number of hydrazone groups is 1. The van der Waals surface area contributed by atoms with Crippen molar-refractivity contribution in [1.82, 2.24) is 15.2 Å². The van der Waals surface area contributed by atoms with Gasteiger partial charge in [0.25, 0.3) is 17.4 Å². The SMILES string of the molecule is CCN(CC)c1ccc(/C=C2\C(=O)N(c3nnc(C)c(=O)[nH]3)N=C2C)cc1. The van der Waals surface area contributed by atoms with Gasteiger partial charge in [0, 0.05) is 18.8 Å². The average Bonchev–Trinajstić information content (AvgIpc) is 2.94. The predicted molar refractivity (Wildman–Crippen MR) is 106 cm³/mol. The Balaban J connectivity index is 1.87. The second-order valence-electron chi connectivity index (χ2n) is 6.19. The Kier molecular flexibility index (Phi) is 5.16. The van der Waals surface area contributed by atoms with Gasteiger partial charge in [-0.2, -0.15) is 10.1 Å². The minimum absolute atomic E-state index is 0.00947. The fraction of sp³-hybridized carbons (Fsp3) is 0.316. The summed E-state index contributed by atoms with van der Waals surface area (Å²) >= 11 is 0. The van der Waals surface area contributed by atoms with E-state index in [4.69, 9.17) is 0 Å². The monoisotopic (exact) mass is 366 g/mol. The van der Waals surface area contributed by atoms with Crippen molar-refractivity contribution in [2.24, 2.45) is 5.10 Å². The van der Waals surface area contributed by atoms with Crippen molar-refractivity contribution < 1.29 is 4.79 Å². The van der Waals surface area contributed by atoms with Crippen LogP contribution in [-0.2, 0) is 4.79 Å². The summed E-state index contributed by atoms with van der Waals surface area (Å²) in [6.07, 6.45) is 1.78. The number of aromatic amines is 1. The molecule has 2 aromatic rings. The summed E-state index contributed by atoms with van der Waals surface area (Å²) in [6, 6.07) is 8.01. The Morgan fingerprint density at radius 2 is 1.74 bits per heavy atom. The topological polar surface area (TPSA) is 94.5 Å². The fourth-order valence-corrected chi connectivity index (χ4v) is 2.84. The number of amides is 1. The van der Waals surface area contributed by atoms with Gasteiger partial charge in [0.2, 0.25) is 0 Å². The molecule has 1 amide bonds. The highest BCUT2D eigenvalue weighted by atomic mass is 16.2. The van der Waals surface area contributed by atoms with Gasteiger partial charge < -0.3 is 4.90 Å². The number of nitrogens with one attached hydrogen (secondary N) is 1. The van der Waals surface area contributed by atoms with Crippen LogP contribution in [0.3, 0.4) is 0 Å². The van der Waals surface area contributed by atoms with E-state index in [-0.39, 0.29) is 17.5 Å². The van der Waals surface area contributed by atoms with E-state index in [0.29, 0.717) is 11.3 Å². The van der Waals surface area contributed by atoms with Crippen molar-refractivity contribution in [3.8, 4) is 0 Å². The number of carbonyl (C=O) groups excluding carboxylic acids is 1. The second kappa shape index (κ2) is 7.53. The molecule has 8 nitrogen and oxygen atoms in total. The van der Waals surface area contributed by atoms with Crippen LogP contribution in [0.25, 0.3) is 6.08 Å². The summed E-state index contributed by atoms with van der Waals surface area (Å²) in [7, 11) is 0. The smallest absolute Gasteiger partial charge is 0.283 e. The molecule has 0 spiro atoms. The predicted octanol–water partition coefficient (Wildman–Crippen LogP) is 2.13. The fourth-order valence-electron chi connectivity index (χ4n) is 2.84. The van der Waals surface area contributed by atoms with Crippen molar-refractivity contribution >= 4 is 29.3 Å². The Morgan fingerprint density at radius 3 is 2.33 bits per heavy atom. The number of carbonyl (C=O) groups is 1. The molecule has 1 N–H and O–H groups in total. The van der Waals surface area contributed by atoms with Crippen LogP contribution < -0.4 is 15.5 Å². The maximum absolute atomic E-state index is 12.7. The molecule has 3 rings (SSSR count). The molecule has 8 heteroatoms. The van der Waals surface area contributed by atoms with Gasteiger partial charge in [-0.3, -0.25) is 14.6 Å². The molecule has 0 fully saturated rings. The molecule has 0 unspecified atom stereocenters. The third kappa shape index (κ3) is 3.64.